The third kappa shape index (κ3) is 3.81. The Morgan fingerprint density at radius 1 is 1.38 bits per heavy atom. The summed E-state index contributed by atoms with van der Waals surface area (Å²) in [5.41, 5.74) is 1.05. The number of nitrogens with zero attached hydrogens (tertiary/aromatic N) is 4. The second-order valence-electron chi connectivity index (χ2n) is 5.98. The minimum absolute atomic E-state index is 0.104. The van der Waals surface area contributed by atoms with Crippen molar-refractivity contribution < 1.29 is 9.21 Å². The fourth-order valence-electron chi connectivity index (χ4n) is 2.94. The summed E-state index contributed by atoms with van der Waals surface area (Å²) < 4.78 is 5.01. The van der Waals surface area contributed by atoms with Gasteiger partial charge in [-0.05, 0) is 25.0 Å². The number of aromatic amines is 1. The molecule has 1 saturated heterocycles. The summed E-state index contributed by atoms with van der Waals surface area (Å²) >= 11 is 0. The third-order valence-corrected chi connectivity index (χ3v) is 4.42. The maximum absolute atomic E-state index is 12.4. The van der Waals surface area contributed by atoms with Crippen molar-refractivity contribution in [2.75, 3.05) is 31.6 Å². The molecule has 1 fully saturated rings. The molecule has 3 heterocycles. The Bertz CT molecular complexity index is 719. The second kappa shape index (κ2) is 7.29. The van der Waals surface area contributed by atoms with E-state index in [0.29, 0.717) is 31.9 Å². The zero-order valence-electron chi connectivity index (χ0n) is 13.6. The molecule has 1 aliphatic rings. The van der Waals surface area contributed by atoms with Crippen LogP contribution in [0.15, 0.2) is 33.7 Å². The van der Waals surface area contributed by atoms with Crippen LogP contribution in [0.2, 0.25) is 0 Å². The zero-order valence-corrected chi connectivity index (χ0v) is 13.6. The van der Waals surface area contributed by atoms with Crippen molar-refractivity contribution in [3.8, 4) is 0 Å². The molecule has 0 radical (unpaired) electrons. The molecule has 0 bridgehead atoms. The highest BCUT2D eigenvalue weighted by molar-refractivity contribution is 5.77. The van der Waals surface area contributed by atoms with Crippen LogP contribution in [0.1, 0.15) is 31.1 Å². The van der Waals surface area contributed by atoms with E-state index in [2.05, 4.69) is 15.2 Å². The number of carbonyl (C=O) groups excluding carboxylic acids is 1. The molecule has 128 valence electrons. The molecular weight excluding hydrogens is 310 g/mol. The van der Waals surface area contributed by atoms with Crippen LogP contribution in [-0.4, -0.2) is 52.7 Å². The number of nitrogens with one attached hydrogen (secondary N) is 1. The highest BCUT2D eigenvalue weighted by atomic mass is 16.4. The highest BCUT2D eigenvalue weighted by Gasteiger charge is 2.26. The van der Waals surface area contributed by atoms with Crippen LogP contribution in [0.25, 0.3) is 0 Å². The molecule has 0 atom stereocenters. The SMILES string of the molecule is CN(CCC(=O)N1CCC(c2n[nH]c(=O)o2)CC1)c1ccncc1. The molecule has 2 aromatic rings. The largest absolute Gasteiger partial charge is 0.434 e. The lowest BCUT2D eigenvalue weighted by atomic mass is 9.96. The van der Waals surface area contributed by atoms with E-state index in [4.69, 9.17) is 4.42 Å². The van der Waals surface area contributed by atoms with E-state index in [1.165, 1.54) is 0 Å². The molecule has 1 N–H and O–H groups in total. The predicted molar refractivity (Wildman–Crippen MR) is 87.8 cm³/mol. The average molecular weight is 331 g/mol. The number of rotatable bonds is 5. The Labute approximate surface area is 139 Å². The van der Waals surface area contributed by atoms with E-state index in [0.717, 1.165) is 18.5 Å². The molecule has 0 saturated carbocycles. The number of H-pyrrole nitrogens is 1. The zero-order chi connectivity index (χ0) is 16.9. The van der Waals surface area contributed by atoms with Crippen LogP contribution < -0.4 is 10.7 Å². The Morgan fingerprint density at radius 2 is 2.08 bits per heavy atom. The van der Waals surface area contributed by atoms with E-state index in [-0.39, 0.29) is 11.8 Å². The molecule has 8 nitrogen and oxygen atoms in total. The van der Waals surface area contributed by atoms with Crippen LogP contribution >= 0.6 is 0 Å². The smallest absolute Gasteiger partial charge is 0.392 e. The van der Waals surface area contributed by atoms with Crippen LogP contribution in [0.3, 0.4) is 0 Å². The van der Waals surface area contributed by atoms with E-state index in [1.807, 2.05) is 29.0 Å². The number of amides is 1. The Balaban J connectivity index is 1.46. The topological polar surface area (TPSA) is 95.3 Å². The number of aromatic nitrogens is 3. The first-order chi connectivity index (χ1) is 11.6. The van der Waals surface area contributed by atoms with Crippen molar-refractivity contribution in [1.29, 1.82) is 0 Å². The van der Waals surface area contributed by atoms with Gasteiger partial charge >= 0.3 is 5.76 Å². The van der Waals surface area contributed by atoms with Crippen LogP contribution in [0.5, 0.6) is 0 Å². The van der Waals surface area contributed by atoms with Gasteiger partial charge in [-0.25, -0.2) is 9.89 Å². The number of hydrogen-bond donors (Lipinski definition) is 1. The number of piperidine rings is 1. The summed E-state index contributed by atoms with van der Waals surface area (Å²) in [6.07, 6.45) is 5.48. The predicted octanol–water partition coefficient (Wildman–Crippen LogP) is 0.990. The summed E-state index contributed by atoms with van der Waals surface area (Å²) in [4.78, 5) is 31.3. The van der Waals surface area contributed by atoms with Gasteiger partial charge in [0, 0.05) is 57.1 Å². The minimum atomic E-state index is -0.525. The lowest BCUT2D eigenvalue weighted by Gasteiger charge is -2.31. The van der Waals surface area contributed by atoms with E-state index in [1.54, 1.807) is 12.4 Å². The molecule has 2 aromatic heterocycles. The summed E-state index contributed by atoms with van der Waals surface area (Å²) in [6.45, 7) is 2.00. The number of anilines is 1. The first-order valence-electron chi connectivity index (χ1n) is 8.08. The molecule has 24 heavy (non-hydrogen) atoms. The van der Waals surface area contributed by atoms with Gasteiger partial charge in [0.15, 0.2) is 0 Å². The van der Waals surface area contributed by atoms with Gasteiger partial charge in [0.2, 0.25) is 11.8 Å². The standard InChI is InChI=1S/C16H21N5O3/c1-20(13-2-7-17-8-3-13)9-6-14(22)21-10-4-12(5-11-21)15-18-19-16(23)24-15/h2-3,7-8,12H,4-6,9-11H2,1H3,(H,19,23). The summed E-state index contributed by atoms with van der Waals surface area (Å²) in [5.74, 6) is 0.178. The molecular formula is C16H21N5O3. The van der Waals surface area contributed by atoms with Crippen LogP contribution in [0, 0.1) is 0 Å². The van der Waals surface area contributed by atoms with E-state index < -0.39 is 5.76 Å². The van der Waals surface area contributed by atoms with Gasteiger partial charge in [-0.1, -0.05) is 0 Å². The Kier molecular flexibility index (Phi) is 4.93. The minimum Gasteiger partial charge on any atom is -0.392 e. The van der Waals surface area contributed by atoms with Crippen molar-refractivity contribution in [2.45, 2.75) is 25.2 Å². The number of pyridine rings is 1. The van der Waals surface area contributed by atoms with Crippen molar-refractivity contribution in [3.05, 3.63) is 41.0 Å². The number of carbonyl (C=O) groups is 1. The summed E-state index contributed by atoms with van der Waals surface area (Å²) in [5, 5.41) is 6.17. The summed E-state index contributed by atoms with van der Waals surface area (Å²) in [7, 11) is 1.97. The van der Waals surface area contributed by atoms with Gasteiger partial charge in [0.05, 0.1) is 0 Å². The first kappa shape index (κ1) is 16.2. The van der Waals surface area contributed by atoms with Crippen molar-refractivity contribution in [2.24, 2.45) is 0 Å². The van der Waals surface area contributed by atoms with Gasteiger partial charge in [0.25, 0.3) is 0 Å². The Hall–Kier alpha value is -2.64. The lowest BCUT2D eigenvalue weighted by Crippen LogP contribution is -2.39. The van der Waals surface area contributed by atoms with Crippen molar-refractivity contribution >= 4 is 11.6 Å². The molecule has 8 heteroatoms. The molecule has 0 aromatic carbocycles. The van der Waals surface area contributed by atoms with Gasteiger partial charge in [0.1, 0.15) is 0 Å². The van der Waals surface area contributed by atoms with E-state index >= 15 is 0 Å². The van der Waals surface area contributed by atoms with E-state index in [9.17, 15) is 9.59 Å². The lowest BCUT2D eigenvalue weighted by molar-refractivity contribution is -0.132. The fraction of sp³-hybridized carbons (Fsp3) is 0.500. The van der Waals surface area contributed by atoms with Crippen molar-refractivity contribution in [3.63, 3.8) is 0 Å². The Morgan fingerprint density at radius 3 is 2.71 bits per heavy atom. The average Bonchev–Trinajstić information content (AvgIpc) is 3.06. The fourth-order valence-corrected chi connectivity index (χ4v) is 2.94. The molecule has 0 spiro atoms. The number of likely N-dealkylation sites (tertiary alicyclic amines) is 1. The van der Waals surface area contributed by atoms with Crippen LogP contribution in [-0.2, 0) is 4.79 Å². The molecule has 1 aliphatic heterocycles. The maximum Gasteiger partial charge on any atom is 0.434 e. The van der Waals surface area contributed by atoms with Gasteiger partial charge < -0.3 is 14.2 Å². The van der Waals surface area contributed by atoms with Gasteiger partial charge in [-0.2, -0.15) is 0 Å². The normalized spacial score (nSPS) is 15.5. The molecule has 3 rings (SSSR count). The first-order valence-corrected chi connectivity index (χ1v) is 8.08. The highest BCUT2D eigenvalue weighted by Crippen LogP contribution is 2.26. The summed E-state index contributed by atoms with van der Waals surface area (Å²) in [6, 6.07) is 3.85. The molecule has 0 aliphatic carbocycles. The quantitative estimate of drug-likeness (QED) is 0.878. The van der Waals surface area contributed by atoms with Gasteiger partial charge in [-0.15, -0.1) is 5.10 Å². The molecule has 0 unspecified atom stereocenters. The van der Waals surface area contributed by atoms with Gasteiger partial charge in [-0.3, -0.25) is 9.78 Å². The second-order valence-corrected chi connectivity index (χ2v) is 5.98. The monoisotopic (exact) mass is 331 g/mol. The van der Waals surface area contributed by atoms with Crippen molar-refractivity contribution in [1.82, 2.24) is 20.1 Å². The number of hydrogen-bond acceptors (Lipinski definition) is 6. The molecule has 1 amide bonds. The van der Waals surface area contributed by atoms with Crippen LogP contribution in [0.4, 0.5) is 5.69 Å². The maximum atomic E-state index is 12.4. The third-order valence-electron chi connectivity index (χ3n) is 4.42.